The largest absolute Gasteiger partial charge is 0.496 e. The molecule has 0 saturated carbocycles. The minimum Gasteiger partial charge on any atom is -0.496 e. The Kier molecular flexibility index (Phi) is 4.52. The van der Waals surface area contributed by atoms with Crippen molar-refractivity contribution in [2.45, 2.75) is 64.1 Å². The molecule has 0 aromatic carbocycles. The molecule has 5 nitrogen and oxygen atoms in total. The maximum absolute atomic E-state index is 12.6. The van der Waals surface area contributed by atoms with Gasteiger partial charge in [-0.05, 0) is 58.1 Å². The molecule has 2 aliphatic heterocycles. The predicted octanol–water partition coefficient (Wildman–Crippen LogP) is 4.04. The van der Waals surface area contributed by atoms with Crippen LogP contribution in [0.25, 0.3) is 5.57 Å². The number of rotatable bonds is 2. The smallest absolute Gasteiger partial charge is 0.411 e. The van der Waals surface area contributed by atoms with E-state index in [1.54, 1.807) is 13.3 Å². The van der Waals surface area contributed by atoms with Crippen LogP contribution in [0.3, 0.4) is 0 Å². The zero-order valence-corrected chi connectivity index (χ0v) is 14.9. The van der Waals surface area contributed by atoms with E-state index in [1.165, 1.54) is 5.57 Å². The van der Waals surface area contributed by atoms with Crippen molar-refractivity contribution < 1.29 is 14.3 Å². The summed E-state index contributed by atoms with van der Waals surface area (Å²) in [6, 6.07) is 2.16. The van der Waals surface area contributed by atoms with Crippen molar-refractivity contribution in [3.8, 4) is 5.75 Å². The highest BCUT2D eigenvalue weighted by Crippen LogP contribution is 2.39. The first kappa shape index (κ1) is 16.8. The second-order valence-corrected chi connectivity index (χ2v) is 7.51. The van der Waals surface area contributed by atoms with Gasteiger partial charge in [0, 0.05) is 24.0 Å². The summed E-state index contributed by atoms with van der Waals surface area (Å²) >= 11 is 0. The summed E-state index contributed by atoms with van der Waals surface area (Å²) in [4.78, 5) is 18.8. The molecule has 2 bridgehead atoms. The van der Waals surface area contributed by atoms with Gasteiger partial charge < -0.3 is 9.47 Å². The summed E-state index contributed by atoms with van der Waals surface area (Å²) < 4.78 is 11.1. The molecule has 130 valence electrons. The lowest BCUT2D eigenvalue weighted by Gasteiger charge is -2.45. The van der Waals surface area contributed by atoms with Crippen LogP contribution in [0.5, 0.6) is 5.75 Å². The van der Waals surface area contributed by atoms with E-state index in [2.05, 4.69) is 11.1 Å². The summed E-state index contributed by atoms with van der Waals surface area (Å²) in [6.07, 6.45) is 9.52. The second-order valence-electron chi connectivity index (χ2n) is 7.51. The topological polar surface area (TPSA) is 51.7 Å². The standard InChI is InChI=1S/C19H26N2O3/c1-19(2,3)24-18(22)21-14-6-5-7-15(21)11-13(10-14)16-12-20-9-8-17(16)23-4/h8-10,12,14-15H,5-7,11H2,1-4H3. The van der Waals surface area contributed by atoms with Crippen molar-refractivity contribution in [2.24, 2.45) is 0 Å². The summed E-state index contributed by atoms with van der Waals surface area (Å²) in [5.74, 6) is 0.833. The Morgan fingerprint density at radius 1 is 1.33 bits per heavy atom. The highest BCUT2D eigenvalue weighted by atomic mass is 16.6. The van der Waals surface area contributed by atoms with Gasteiger partial charge in [0.25, 0.3) is 0 Å². The Hall–Kier alpha value is -2.04. The number of carbonyl (C=O) groups is 1. The quantitative estimate of drug-likeness (QED) is 0.821. The van der Waals surface area contributed by atoms with Gasteiger partial charge in [-0.1, -0.05) is 6.08 Å². The van der Waals surface area contributed by atoms with Crippen LogP contribution in [0, 0.1) is 0 Å². The number of ether oxygens (including phenoxy) is 2. The van der Waals surface area contributed by atoms with E-state index < -0.39 is 5.60 Å². The average Bonchev–Trinajstić information content (AvgIpc) is 2.52. The van der Waals surface area contributed by atoms with E-state index in [9.17, 15) is 4.79 Å². The van der Waals surface area contributed by atoms with Gasteiger partial charge in [-0.15, -0.1) is 0 Å². The molecule has 2 aliphatic rings. The third kappa shape index (κ3) is 3.40. The fourth-order valence-corrected chi connectivity index (χ4v) is 3.63. The Balaban J connectivity index is 1.89. The molecule has 1 saturated heterocycles. The lowest BCUT2D eigenvalue weighted by atomic mass is 9.83. The summed E-state index contributed by atoms with van der Waals surface area (Å²) in [6.45, 7) is 5.73. The molecule has 2 atom stereocenters. The van der Waals surface area contributed by atoms with Crippen LogP contribution in [0.2, 0.25) is 0 Å². The van der Waals surface area contributed by atoms with Crippen molar-refractivity contribution >= 4 is 11.7 Å². The molecule has 1 aromatic rings. The van der Waals surface area contributed by atoms with Crippen molar-refractivity contribution in [1.82, 2.24) is 9.88 Å². The highest BCUT2D eigenvalue weighted by Gasteiger charge is 2.39. The maximum atomic E-state index is 12.6. The highest BCUT2D eigenvalue weighted by molar-refractivity contribution is 5.76. The number of carbonyl (C=O) groups excluding carboxylic acids is 1. The Morgan fingerprint density at radius 2 is 2.12 bits per heavy atom. The molecule has 1 fully saturated rings. The Morgan fingerprint density at radius 3 is 2.79 bits per heavy atom. The molecular weight excluding hydrogens is 304 g/mol. The van der Waals surface area contributed by atoms with Gasteiger partial charge in [-0.25, -0.2) is 4.79 Å². The zero-order chi connectivity index (χ0) is 17.3. The fourth-order valence-electron chi connectivity index (χ4n) is 3.63. The molecule has 0 aliphatic carbocycles. The Bertz CT molecular complexity index is 648. The molecule has 24 heavy (non-hydrogen) atoms. The number of nitrogens with zero attached hydrogens (tertiary/aromatic N) is 2. The van der Waals surface area contributed by atoms with E-state index in [-0.39, 0.29) is 18.2 Å². The summed E-state index contributed by atoms with van der Waals surface area (Å²) in [7, 11) is 1.68. The van der Waals surface area contributed by atoms with Gasteiger partial charge in [0.05, 0.1) is 13.2 Å². The molecular formula is C19H26N2O3. The van der Waals surface area contributed by atoms with Gasteiger partial charge in [-0.2, -0.15) is 0 Å². The number of amides is 1. The van der Waals surface area contributed by atoms with Crippen LogP contribution in [0.1, 0.15) is 52.0 Å². The normalized spacial score (nSPS) is 23.5. The van der Waals surface area contributed by atoms with Crippen LogP contribution in [0.4, 0.5) is 4.79 Å². The molecule has 0 radical (unpaired) electrons. The zero-order valence-electron chi connectivity index (χ0n) is 14.9. The van der Waals surface area contributed by atoms with Crippen molar-refractivity contribution in [2.75, 3.05) is 7.11 Å². The van der Waals surface area contributed by atoms with Gasteiger partial charge in [-0.3, -0.25) is 9.88 Å². The number of fused-ring (bicyclic) bond motifs is 2. The maximum Gasteiger partial charge on any atom is 0.411 e. The van der Waals surface area contributed by atoms with Crippen molar-refractivity contribution in [3.63, 3.8) is 0 Å². The predicted molar refractivity (Wildman–Crippen MR) is 92.9 cm³/mol. The van der Waals surface area contributed by atoms with E-state index in [0.29, 0.717) is 0 Å². The minimum atomic E-state index is -0.470. The molecule has 3 heterocycles. The number of methoxy groups -OCH3 is 1. The van der Waals surface area contributed by atoms with Gasteiger partial charge in [0.1, 0.15) is 11.4 Å². The molecule has 5 heteroatoms. The monoisotopic (exact) mass is 330 g/mol. The number of aromatic nitrogens is 1. The number of pyridine rings is 1. The number of hydrogen-bond donors (Lipinski definition) is 0. The molecule has 3 rings (SSSR count). The third-order valence-electron chi connectivity index (χ3n) is 4.59. The Labute approximate surface area is 143 Å². The van der Waals surface area contributed by atoms with E-state index >= 15 is 0 Å². The first-order chi connectivity index (χ1) is 11.4. The lowest BCUT2D eigenvalue weighted by molar-refractivity contribution is 0.0000818. The van der Waals surface area contributed by atoms with Crippen LogP contribution >= 0.6 is 0 Å². The fraction of sp³-hybridized carbons (Fsp3) is 0.579. The molecule has 1 amide bonds. The average molecular weight is 330 g/mol. The van der Waals surface area contributed by atoms with Crippen LogP contribution in [-0.2, 0) is 4.74 Å². The molecule has 0 spiro atoms. The summed E-state index contributed by atoms with van der Waals surface area (Å²) in [5.41, 5.74) is 1.78. The van der Waals surface area contributed by atoms with E-state index in [4.69, 9.17) is 9.47 Å². The van der Waals surface area contributed by atoms with Gasteiger partial charge in [0.2, 0.25) is 0 Å². The van der Waals surface area contributed by atoms with Crippen LogP contribution in [-0.4, -0.2) is 40.8 Å². The van der Waals surface area contributed by atoms with E-state index in [1.807, 2.05) is 37.9 Å². The third-order valence-corrected chi connectivity index (χ3v) is 4.59. The lowest BCUT2D eigenvalue weighted by Crippen LogP contribution is -2.53. The SMILES string of the molecule is COc1ccncc1C1=CC2CCCC(C1)N2C(=O)OC(C)(C)C. The number of hydrogen-bond acceptors (Lipinski definition) is 4. The second kappa shape index (κ2) is 6.46. The van der Waals surface area contributed by atoms with Crippen LogP contribution in [0.15, 0.2) is 24.5 Å². The first-order valence-corrected chi connectivity index (χ1v) is 8.59. The number of piperidine rings is 1. The van der Waals surface area contributed by atoms with Crippen molar-refractivity contribution in [1.29, 1.82) is 0 Å². The first-order valence-electron chi connectivity index (χ1n) is 8.59. The van der Waals surface area contributed by atoms with Crippen molar-refractivity contribution in [3.05, 3.63) is 30.1 Å². The molecule has 2 unspecified atom stereocenters. The van der Waals surface area contributed by atoms with Crippen LogP contribution < -0.4 is 4.74 Å². The van der Waals surface area contributed by atoms with E-state index in [0.717, 1.165) is 37.0 Å². The van der Waals surface area contributed by atoms with Gasteiger partial charge in [0.15, 0.2) is 0 Å². The minimum absolute atomic E-state index is 0.0901. The molecule has 0 N–H and O–H groups in total. The summed E-state index contributed by atoms with van der Waals surface area (Å²) in [5, 5.41) is 0. The van der Waals surface area contributed by atoms with Gasteiger partial charge >= 0.3 is 6.09 Å². The molecule has 1 aromatic heterocycles.